The summed E-state index contributed by atoms with van der Waals surface area (Å²) in [6, 6.07) is 3.09. The molecule has 1 N–H and O–H groups in total. The lowest BCUT2D eigenvalue weighted by Gasteiger charge is -2.19. The van der Waals surface area contributed by atoms with Crippen LogP contribution >= 0.6 is 46.1 Å². The van der Waals surface area contributed by atoms with Gasteiger partial charge in [-0.2, -0.15) is 0 Å². The van der Waals surface area contributed by atoms with Crippen molar-refractivity contribution in [3.8, 4) is 10.9 Å². The Morgan fingerprint density at radius 1 is 1.10 bits per heavy atom. The third-order valence-corrected chi connectivity index (χ3v) is 4.21. The van der Waals surface area contributed by atoms with Gasteiger partial charge in [0.25, 0.3) is 5.19 Å². The number of aromatic nitrogens is 2. The Bertz CT molecular complexity index is 640. The van der Waals surface area contributed by atoms with Crippen molar-refractivity contribution in [3.63, 3.8) is 0 Å². The first-order valence-corrected chi connectivity index (χ1v) is 8.09. The van der Waals surface area contributed by atoms with Gasteiger partial charge in [-0.3, -0.25) is 0 Å². The molecule has 0 bridgehead atoms. The standard InChI is InChI=1S/C13H14Cl3N3OS/c1-13(2,3)17-6-11-18-19-12(21-11)20-10-5-8(15)7(14)4-9(10)16/h4-5,17H,6H2,1-3H3. The molecule has 0 atom stereocenters. The van der Waals surface area contributed by atoms with E-state index >= 15 is 0 Å². The third kappa shape index (κ3) is 4.97. The van der Waals surface area contributed by atoms with Crippen LogP contribution in [0.3, 0.4) is 0 Å². The van der Waals surface area contributed by atoms with Crippen LogP contribution in [0.5, 0.6) is 10.9 Å². The average molecular weight is 367 g/mol. The second kappa shape index (κ2) is 6.67. The lowest BCUT2D eigenvalue weighted by Crippen LogP contribution is -2.35. The minimum absolute atomic E-state index is 0.0136. The molecule has 1 aromatic heterocycles. The predicted octanol–water partition coefficient (Wildman–Crippen LogP) is 5.18. The molecule has 0 aliphatic carbocycles. The normalized spacial score (nSPS) is 11.7. The fourth-order valence-electron chi connectivity index (χ4n) is 1.37. The Kier molecular flexibility index (Phi) is 5.33. The van der Waals surface area contributed by atoms with Crippen molar-refractivity contribution in [1.29, 1.82) is 0 Å². The molecule has 0 saturated heterocycles. The molecule has 0 unspecified atom stereocenters. The van der Waals surface area contributed by atoms with Crippen LogP contribution in [-0.4, -0.2) is 15.7 Å². The summed E-state index contributed by atoms with van der Waals surface area (Å²) in [4.78, 5) is 0. The summed E-state index contributed by atoms with van der Waals surface area (Å²) in [5.41, 5.74) is 0.0136. The number of halogens is 3. The van der Waals surface area contributed by atoms with Gasteiger partial charge < -0.3 is 10.1 Å². The number of rotatable bonds is 4. The first-order valence-electron chi connectivity index (χ1n) is 6.14. The molecule has 0 saturated carbocycles. The van der Waals surface area contributed by atoms with Gasteiger partial charge in [0.2, 0.25) is 0 Å². The van der Waals surface area contributed by atoms with Crippen molar-refractivity contribution >= 4 is 46.1 Å². The zero-order chi connectivity index (χ0) is 15.6. The second-order valence-corrected chi connectivity index (χ2v) is 7.61. The summed E-state index contributed by atoms with van der Waals surface area (Å²) in [5.74, 6) is 0.401. The Labute approximate surface area is 142 Å². The molecule has 2 rings (SSSR count). The van der Waals surface area contributed by atoms with Crippen LogP contribution in [-0.2, 0) is 6.54 Å². The monoisotopic (exact) mass is 365 g/mol. The maximum Gasteiger partial charge on any atom is 0.299 e. The molecule has 21 heavy (non-hydrogen) atoms. The third-order valence-electron chi connectivity index (χ3n) is 2.39. The van der Waals surface area contributed by atoms with Gasteiger partial charge in [0, 0.05) is 11.6 Å². The molecule has 0 radical (unpaired) electrons. The molecule has 8 heteroatoms. The number of nitrogens with zero attached hydrogens (tertiary/aromatic N) is 2. The average Bonchev–Trinajstić information content (AvgIpc) is 2.80. The SMILES string of the molecule is CC(C)(C)NCc1nnc(Oc2cc(Cl)c(Cl)cc2Cl)s1. The lowest BCUT2D eigenvalue weighted by molar-refractivity contribution is 0.423. The summed E-state index contributed by atoms with van der Waals surface area (Å²) in [6.07, 6.45) is 0. The maximum absolute atomic E-state index is 6.06. The highest BCUT2D eigenvalue weighted by molar-refractivity contribution is 7.13. The number of hydrogen-bond acceptors (Lipinski definition) is 5. The first-order chi connectivity index (χ1) is 9.74. The summed E-state index contributed by atoms with van der Waals surface area (Å²) in [7, 11) is 0. The Hall–Kier alpha value is -0.590. The molecule has 4 nitrogen and oxygen atoms in total. The largest absolute Gasteiger partial charge is 0.428 e. The molecule has 0 aliphatic heterocycles. The predicted molar refractivity (Wildman–Crippen MR) is 88.0 cm³/mol. The van der Waals surface area contributed by atoms with Gasteiger partial charge in [0.05, 0.1) is 21.6 Å². The minimum Gasteiger partial charge on any atom is -0.428 e. The van der Waals surface area contributed by atoms with Crippen LogP contribution in [0.4, 0.5) is 0 Å². The molecule has 114 valence electrons. The van der Waals surface area contributed by atoms with Gasteiger partial charge >= 0.3 is 0 Å². The van der Waals surface area contributed by atoms with E-state index in [1.807, 2.05) is 0 Å². The molecule has 0 aliphatic rings. The van der Waals surface area contributed by atoms with Gasteiger partial charge in [0.15, 0.2) is 5.75 Å². The van der Waals surface area contributed by atoms with E-state index in [0.717, 1.165) is 5.01 Å². The van der Waals surface area contributed by atoms with Gasteiger partial charge in [-0.25, -0.2) is 0 Å². The molecule has 0 spiro atoms. The van der Waals surface area contributed by atoms with Crippen LogP contribution < -0.4 is 10.1 Å². The molecular weight excluding hydrogens is 353 g/mol. The van der Waals surface area contributed by atoms with Crippen molar-refractivity contribution in [1.82, 2.24) is 15.5 Å². The summed E-state index contributed by atoms with van der Waals surface area (Å²) >= 11 is 19.2. The van der Waals surface area contributed by atoms with E-state index in [1.165, 1.54) is 17.4 Å². The Balaban J connectivity index is 2.07. The van der Waals surface area contributed by atoms with E-state index in [2.05, 4.69) is 36.3 Å². The van der Waals surface area contributed by atoms with Crippen molar-refractivity contribution < 1.29 is 4.74 Å². The van der Waals surface area contributed by atoms with E-state index in [1.54, 1.807) is 6.07 Å². The summed E-state index contributed by atoms with van der Waals surface area (Å²) in [5, 5.41) is 13.7. The summed E-state index contributed by atoms with van der Waals surface area (Å²) < 4.78 is 5.60. The van der Waals surface area contributed by atoms with Crippen molar-refractivity contribution in [2.24, 2.45) is 0 Å². The highest BCUT2D eigenvalue weighted by atomic mass is 35.5. The number of benzene rings is 1. The Morgan fingerprint density at radius 2 is 1.76 bits per heavy atom. The van der Waals surface area contributed by atoms with Crippen LogP contribution in [0.2, 0.25) is 15.1 Å². The van der Waals surface area contributed by atoms with E-state index in [-0.39, 0.29) is 5.54 Å². The molecule has 1 aromatic carbocycles. The smallest absolute Gasteiger partial charge is 0.299 e. The molecule has 1 heterocycles. The Morgan fingerprint density at radius 3 is 2.43 bits per heavy atom. The number of hydrogen-bond donors (Lipinski definition) is 1. The van der Waals surface area contributed by atoms with Crippen LogP contribution in [0.15, 0.2) is 12.1 Å². The zero-order valence-electron chi connectivity index (χ0n) is 11.7. The van der Waals surface area contributed by atoms with Crippen molar-refractivity contribution in [3.05, 3.63) is 32.2 Å². The quantitative estimate of drug-likeness (QED) is 0.757. The highest BCUT2D eigenvalue weighted by Gasteiger charge is 2.14. The first kappa shape index (κ1) is 16.8. The minimum atomic E-state index is 0.0136. The molecular formula is C13H14Cl3N3OS. The van der Waals surface area contributed by atoms with Crippen molar-refractivity contribution in [2.45, 2.75) is 32.9 Å². The highest BCUT2D eigenvalue weighted by Crippen LogP contribution is 2.37. The molecule has 0 amide bonds. The van der Waals surface area contributed by atoms with E-state index in [9.17, 15) is 0 Å². The number of ether oxygens (including phenoxy) is 1. The second-order valence-electron chi connectivity index (χ2n) is 5.36. The molecule has 0 fully saturated rings. The van der Waals surface area contributed by atoms with E-state index in [0.29, 0.717) is 32.6 Å². The van der Waals surface area contributed by atoms with Crippen LogP contribution in [0.25, 0.3) is 0 Å². The van der Waals surface area contributed by atoms with Gasteiger partial charge in [-0.1, -0.05) is 51.2 Å². The molecule has 2 aromatic rings. The van der Waals surface area contributed by atoms with Crippen molar-refractivity contribution in [2.75, 3.05) is 0 Å². The fourth-order valence-corrected chi connectivity index (χ4v) is 2.58. The van der Waals surface area contributed by atoms with Gasteiger partial charge in [0.1, 0.15) is 5.01 Å². The lowest BCUT2D eigenvalue weighted by atomic mass is 10.1. The van der Waals surface area contributed by atoms with Gasteiger partial charge in [-0.15, -0.1) is 5.10 Å². The van der Waals surface area contributed by atoms with Crippen LogP contribution in [0, 0.1) is 0 Å². The number of nitrogens with one attached hydrogen (secondary N) is 1. The van der Waals surface area contributed by atoms with Crippen LogP contribution in [0.1, 0.15) is 25.8 Å². The van der Waals surface area contributed by atoms with E-state index in [4.69, 9.17) is 39.5 Å². The van der Waals surface area contributed by atoms with Gasteiger partial charge in [-0.05, 0) is 26.8 Å². The summed E-state index contributed by atoms with van der Waals surface area (Å²) in [6.45, 7) is 6.88. The maximum atomic E-state index is 6.06. The van der Waals surface area contributed by atoms with E-state index < -0.39 is 0 Å². The topological polar surface area (TPSA) is 47.0 Å². The zero-order valence-corrected chi connectivity index (χ0v) is 14.8. The fraction of sp³-hybridized carbons (Fsp3) is 0.385.